The van der Waals surface area contributed by atoms with Crippen LogP contribution in [0.4, 0.5) is 0 Å². The Bertz CT molecular complexity index is 303. The largest absolute Gasteiger partial charge is 0.409 e. The van der Waals surface area contributed by atoms with E-state index in [4.69, 9.17) is 10.9 Å². The van der Waals surface area contributed by atoms with Gasteiger partial charge in [-0.15, -0.1) is 0 Å². The standard InChI is InChI=1S/C11H22N4O2S/c1-9(8-18-2)11(16)15-5-3-14(4-6-15)7-10(12)13-17/h9,17H,3-8H2,1-2H3,(H2,12,13). The van der Waals surface area contributed by atoms with Crippen LogP contribution in [0.3, 0.4) is 0 Å². The molecule has 7 heteroatoms. The lowest BCUT2D eigenvalue weighted by atomic mass is 10.1. The third kappa shape index (κ3) is 4.38. The first-order chi connectivity index (χ1) is 8.58. The maximum atomic E-state index is 12.1. The van der Waals surface area contributed by atoms with Crippen LogP contribution < -0.4 is 5.73 Å². The number of hydrogen-bond donors (Lipinski definition) is 2. The number of carbonyl (C=O) groups excluding carboxylic acids is 1. The van der Waals surface area contributed by atoms with Crippen LogP contribution in [0.5, 0.6) is 0 Å². The van der Waals surface area contributed by atoms with E-state index in [-0.39, 0.29) is 17.7 Å². The van der Waals surface area contributed by atoms with Crippen molar-refractivity contribution in [3.8, 4) is 0 Å². The molecule has 1 saturated heterocycles. The molecule has 0 aromatic heterocycles. The molecule has 3 N–H and O–H groups in total. The van der Waals surface area contributed by atoms with Crippen LogP contribution in [0.15, 0.2) is 5.16 Å². The summed E-state index contributed by atoms with van der Waals surface area (Å²) in [6, 6.07) is 0. The van der Waals surface area contributed by atoms with Gasteiger partial charge in [0.1, 0.15) is 0 Å². The molecule has 1 aliphatic heterocycles. The molecule has 1 heterocycles. The topological polar surface area (TPSA) is 82.2 Å². The molecule has 0 aliphatic carbocycles. The Labute approximate surface area is 112 Å². The number of oxime groups is 1. The zero-order valence-corrected chi connectivity index (χ0v) is 11.8. The van der Waals surface area contributed by atoms with Crippen molar-refractivity contribution in [3.63, 3.8) is 0 Å². The van der Waals surface area contributed by atoms with Crippen LogP contribution in [0.25, 0.3) is 0 Å². The Hall–Kier alpha value is -0.950. The number of rotatable bonds is 5. The van der Waals surface area contributed by atoms with E-state index >= 15 is 0 Å². The third-order valence-electron chi connectivity index (χ3n) is 3.04. The van der Waals surface area contributed by atoms with E-state index in [1.54, 1.807) is 11.8 Å². The van der Waals surface area contributed by atoms with Gasteiger partial charge in [0.15, 0.2) is 5.84 Å². The summed E-state index contributed by atoms with van der Waals surface area (Å²) in [5.74, 6) is 1.39. The van der Waals surface area contributed by atoms with Crippen molar-refractivity contribution in [2.45, 2.75) is 6.92 Å². The summed E-state index contributed by atoms with van der Waals surface area (Å²) in [5.41, 5.74) is 5.46. The van der Waals surface area contributed by atoms with Crippen LogP contribution in [0, 0.1) is 5.92 Å². The molecule has 1 fully saturated rings. The highest BCUT2D eigenvalue weighted by molar-refractivity contribution is 7.98. The van der Waals surface area contributed by atoms with Crippen molar-refractivity contribution in [3.05, 3.63) is 0 Å². The monoisotopic (exact) mass is 274 g/mol. The molecule has 1 amide bonds. The van der Waals surface area contributed by atoms with Gasteiger partial charge in [0, 0.05) is 37.8 Å². The molecule has 0 aromatic carbocycles. The molecular weight excluding hydrogens is 252 g/mol. The molecule has 1 unspecified atom stereocenters. The van der Waals surface area contributed by atoms with Gasteiger partial charge in [0.2, 0.25) is 5.91 Å². The highest BCUT2D eigenvalue weighted by atomic mass is 32.2. The van der Waals surface area contributed by atoms with E-state index in [9.17, 15) is 4.79 Å². The van der Waals surface area contributed by atoms with Crippen molar-refractivity contribution in [2.24, 2.45) is 16.8 Å². The molecule has 104 valence electrons. The smallest absolute Gasteiger partial charge is 0.226 e. The summed E-state index contributed by atoms with van der Waals surface area (Å²) in [7, 11) is 0. The van der Waals surface area contributed by atoms with Gasteiger partial charge in [-0.05, 0) is 6.26 Å². The minimum Gasteiger partial charge on any atom is -0.409 e. The Kier molecular flexibility index (Phi) is 6.28. The molecule has 18 heavy (non-hydrogen) atoms. The zero-order valence-electron chi connectivity index (χ0n) is 11.0. The summed E-state index contributed by atoms with van der Waals surface area (Å²) in [4.78, 5) is 16.1. The summed E-state index contributed by atoms with van der Waals surface area (Å²) in [6.07, 6.45) is 2.01. The predicted molar refractivity (Wildman–Crippen MR) is 74.0 cm³/mol. The SMILES string of the molecule is CSCC(C)C(=O)N1CCN(CC(N)=NO)CC1. The molecular formula is C11H22N4O2S. The van der Waals surface area contributed by atoms with Crippen molar-refractivity contribution in [2.75, 3.05) is 44.7 Å². The van der Waals surface area contributed by atoms with Crippen LogP contribution in [0.2, 0.25) is 0 Å². The first-order valence-electron chi connectivity index (χ1n) is 6.05. The van der Waals surface area contributed by atoms with Gasteiger partial charge in [0.05, 0.1) is 6.54 Å². The van der Waals surface area contributed by atoms with Gasteiger partial charge < -0.3 is 15.8 Å². The van der Waals surface area contributed by atoms with Gasteiger partial charge in [-0.2, -0.15) is 11.8 Å². The molecule has 1 atom stereocenters. The van der Waals surface area contributed by atoms with Crippen LogP contribution >= 0.6 is 11.8 Å². The number of piperazine rings is 1. The molecule has 1 aliphatic rings. The van der Waals surface area contributed by atoms with Crippen molar-refractivity contribution >= 4 is 23.5 Å². The fourth-order valence-corrected chi connectivity index (χ4v) is 2.66. The lowest BCUT2D eigenvalue weighted by Gasteiger charge is -2.35. The van der Waals surface area contributed by atoms with Gasteiger partial charge >= 0.3 is 0 Å². The maximum absolute atomic E-state index is 12.1. The first-order valence-corrected chi connectivity index (χ1v) is 7.44. The molecule has 0 bridgehead atoms. The quantitative estimate of drug-likeness (QED) is 0.316. The Morgan fingerprint density at radius 1 is 1.44 bits per heavy atom. The van der Waals surface area contributed by atoms with Gasteiger partial charge in [-0.1, -0.05) is 12.1 Å². The molecule has 0 saturated carbocycles. The van der Waals surface area contributed by atoms with Crippen LogP contribution in [-0.2, 0) is 4.79 Å². The lowest BCUT2D eigenvalue weighted by Crippen LogP contribution is -2.51. The van der Waals surface area contributed by atoms with Gasteiger partial charge in [-0.25, -0.2) is 0 Å². The Balaban J connectivity index is 2.37. The second kappa shape index (κ2) is 7.48. The highest BCUT2D eigenvalue weighted by Crippen LogP contribution is 2.11. The molecule has 0 aromatic rings. The minimum absolute atomic E-state index is 0.0793. The Morgan fingerprint density at radius 2 is 2.06 bits per heavy atom. The van der Waals surface area contributed by atoms with Crippen molar-refractivity contribution < 1.29 is 10.0 Å². The molecule has 0 spiro atoms. The summed E-state index contributed by atoms with van der Waals surface area (Å²) in [5, 5.41) is 11.5. The number of amidine groups is 1. The van der Waals surface area contributed by atoms with E-state index in [1.807, 2.05) is 18.1 Å². The van der Waals surface area contributed by atoms with Gasteiger partial charge in [-0.3, -0.25) is 9.69 Å². The van der Waals surface area contributed by atoms with Crippen molar-refractivity contribution in [1.82, 2.24) is 9.80 Å². The molecule has 0 radical (unpaired) electrons. The first kappa shape index (κ1) is 15.1. The fraction of sp³-hybridized carbons (Fsp3) is 0.818. The number of nitrogens with two attached hydrogens (primary N) is 1. The average Bonchev–Trinajstić information content (AvgIpc) is 2.39. The van der Waals surface area contributed by atoms with Crippen LogP contribution in [-0.4, -0.2) is 71.5 Å². The second-order valence-electron chi connectivity index (χ2n) is 4.55. The predicted octanol–water partition coefficient (Wildman–Crippen LogP) is -0.124. The van der Waals surface area contributed by atoms with E-state index in [0.29, 0.717) is 6.54 Å². The summed E-state index contributed by atoms with van der Waals surface area (Å²) < 4.78 is 0. The van der Waals surface area contributed by atoms with Gasteiger partial charge in [0.25, 0.3) is 0 Å². The number of hydrogen-bond acceptors (Lipinski definition) is 5. The van der Waals surface area contributed by atoms with E-state index < -0.39 is 0 Å². The Morgan fingerprint density at radius 3 is 2.56 bits per heavy atom. The maximum Gasteiger partial charge on any atom is 0.226 e. The number of carbonyl (C=O) groups is 1. The normalized spacial score (nSPS) is 19.9. The summed E-state index contributed by atoms with van der Waals surface area (Å²) >= 11 is 1.70. The summed E-state index contributed by atoms with van der Waals surface area (Å²) in [6.45, 7) is 5.41. The number of nitrogens with zero attached hydrogens (tertiary/aromatic N) is 3. The van der Waals surface area contributed by atoms with E-state index in [0.717, 1.165) is 31.9 Å². The molecule has 1 rings (SSSR count). The number of amides is 1. The van der Waals surface area contributed by atoms with E-state index in [2.05, 4.69) is 10.1 Å². The van der Waals surface area contributed by atoms with Crippen molar-refractivity contribution in [1.29, 1.82) is 0 Å². The molecule has 6 nitrogen and oxygen atoms in total. The van der Waals surface area contributed by atoms with E-state index in [1.165, 1.54) is 0 Å². The second-order valence-corrected chi connectivity index (χ2v) is 5.46. The fourth-order valence-electron chi connectivity index (χ4n) is 2.02. The third-order valence-corrected chi connectivity index (χ3v) is 3.87. The minimum atomic E-state index is 0.0793. The average molecular weight is 274 g/mol. The highest BCUT2D eigenvalue weighted by Gasteiger charge is 2.24. The number of thioether (sulfide) groups is 1. The lowest BCUT2D eigenvalue weighted by molar-refractivity contribution is -0.135. The zero-order chi connectivity index (χ0) is 13.5. The van der Waals surface area contributed by atoms with Crippen LogP contribution in [0.1, 0.15) is 6.92 Å².